The molecule has 2 aromatic rings. The predicted molar refractivity (Wildman–Crippen MR) is 76.3 cm³/mol. The fourth-order valence-corrected chi connectivity index (χ4v) is 1.89. The van der Waals surface area contributed by atoms with E-state index in [-0.39, 0.29) is 23.7 Å². The number of nitrogens with one attached hydrogen (secondary N) is 1. The van der Waals surface area contributed by atoms with Gasteiger partial charge in [0.1, 0.15) is 11.6 Å². The first-order valence-corrected chi connectivity index (χ1v) is 6.59. The second-order valence-electron chi connectivity index (χ2n) is 5.13. The molecule has 118 valence electrons. The maximum atomic E-state index is 12.8. The number of hydrogen-bond donors (Lipinski definition) is 2. The van der Waals surface area contributed by atoms with Crippen molar-refractivity contribution in [2.24, 2.45) is 5.73 Å². The number of rotatable bonds is 4. The monoisotopic (exact) mass is 312 g/mol. The second-order valence-corrected chi connectivity index (χ2v) is 5.13. The number of halogens is 3. The van der Waals surface area contributed by atoms with Crippen molar-refractivity contribution >= 4 is 22.6 Å². The minimum Gasteiger partial charge on any atom is -0.368 e. The maximum Gasteiger partial charge on any atom is 0.416 e. The molecule has 0 fully saturated rings. The molecule has 5 nitrogen and oxygen atoms in total. The molecule has 0 aliphatic rings. The van der Waals surface area contributed by atoms with Crippen LogP contribution in [-0.4, -0.2) is 22.4 Å². The largest absolute Gasteiger partial charge is 0.416 e. The van der Waals surface area contributed by atoms with Crippen molar-refractivity contribution in [2.75, 3.05) is 11.9 Å². The van der Waals surface area contributed by atoms with Gasteiger partial charge in [0.05, 0.1) is 17.6 Å². The van der Waals surface area contributed by atoms with Crippen LogP contribution in [-0.2, 0) is 11.0 Å². The summed E-state index contributed by atoms with van der Waals surface area (Å²) in [5.41, 5.74) is 4.63. The summed E-state index contributed by atoms with van der Waals surface area (Å²) >= 11 is 0. The number of anilines is 1. The van der Waals surface area contributed by atoms with Gasteiger partial charge < -0.3 is 11.1 Å². The number of carbonyl (C=O) groups is 1. The molecule has 1 amide bonds. The minimum absolute atomic E-state index is 0.0131. The molecule has 0 saturated heterocycles. The average Bonchev–Trinajstić information content (AvgIpc) is 2.42. The summed E-state index contributed by atoms with van der Waals surface area (Å²) in [5, 5.41) is 2.86. The van der Waals surface area contributed by atoms with Crippen LogP contribution in [0.3, 0.4) is 0 Å². The van der Waals surface area contributed by atoms with Crippen molar-refractivity contribution in [2.45, 2.75) is 25.9 Å². The lowest BCUT2D eigenvalue weighted by atomic mass is 10.1. The zero-order valence-electron chi connectivity index (χ0n) is 12.0. The van der Waals surface area contributed by atoms with Crippen molar-refractivity contribution in [3.05, 3.63) is 29.6 Å². The molecule has 0 bridgehead atoms. The van der Waals surface area contributed by atoms with Crippen LogP contribution >= 0.6 is 0 Å². The molecular weight excluding hydrogens is 297 g/mol. The SMILES string of the molecule is CC(C)c1nc(NCC(N)=O)c2cc(C(F)(F)F)ccc2n1. The van der Waals surface area contributed by atoms with Crippen molar-refractivity contribution in [1.82, 2.24) is 9.97 Å². The molecule has 22 heavy (non-hydrogen) atoms. The van der Waals surface area contributed by atoms with Gasteiger partial charge in [0.2, 0.25) is 5.91 Å². The van der Waals surface area contributed by atoms with Crippen molar-refractivity contribution in [1.29, 1.82) is 0 Å². The van der Waals surface area contributed by atoms with E-state index in [9.17, 15) is 18.0 Å². The Bertz CT molecular complexity index is 713. The lowest BCUT2D eigenvalue weighted by molar-refractivity contribution is -0.137. The Balaban J connectivity index is 2.61. The fraction of sp³-hybridized carbons (Fsp3) is 0.357. The number of nitrogens with zero attached hydrogens (tertiary/aromatic N) is 2. The maximum absolute atomic E-state index is 12.8. The van der Waals surface area contributed by atoms with Crippen LogP contribution in [0.15, 0.2) is 18.2 Å². The summed E-state index contributed by atoms with van der Waals surface area (Å²) in [6.07, 6.45) is -4.47. The highest BCUT2D eigenvalue weighted by Crippen LogP contribution is 2.33. The molecule has 0 aliphatic carbocycles. The molecule has 0 radical (unpaired) electrons. The molecule has 0 saturated carbocycles. The number of aromatic nitrogens is 2. The molecule has 1 heterocycles. The van der Waals surface area contributed by atoms with Crippen molar-refractivity contribution < 1.29 is 18.0 Å². The molecule has 1 aromatic heterocycles. The number of primary amides is 1. The van der Waals surface area contributed by atoms with E-state index in [4.69, 9.17) is 5.73 Å². The third-order valence-electron chi connectivity index (χ3n) is 2.99. The highest BCUT2D eigenvalue weighted by Gasteiger charge is 2.31. The van der Waals surface area contributed by atoms with Crippen LogP contribution in [0, 0.1) is 0 Å². The molecule has 2 rings (SSSR count). The number of benzene rings is 1. The van der Waals surface area contributed by atoms with Gasteiger partial charge in [0.25, 0.3) is 0 Å². The smallest absolute Gasteiger partial charge is 0.368 e. The topological polar surface area (TPSA) is 80.9 Å². The van der Waals surface area contributed by atoms with Gasteiger partial charge in [-0.05, 0) is 18.2 Å². The number of alkyl halides is 3. The van der Waals surface area contributed by atoms with Gasteiger partial charge in [0, 0.05) is 11.3 Å². The normalized spacial score (nSPS) is 11.9. The Morgan fingerprint density at radius 1 is 1.32 bits per heavy atom. The standard InChI is InChI=1S/C14H15F3N4O/c1-7(2)12-20-10-4-3-8(14(15,16)17)5-9(10)13(21-12)19-6-11(18)22/h3-5,7H,6H2,1-2H3,(H2,18,22)(H,19,20,21). The number of amides is 1. The van der Waals surface area contributed by atoms with Crippen LogP contribution < -0.4 is 11.1 Å². The molecule has 0 atom stereocenters. The van der Waals surface area contributed by atoms with E-state index < -0.39 is 17.6 Å². The summed E-state index contributed by atoms with van der Waals surface area (Å²) in [5.74, 6) is -0.0107. The number of fused-ring (bicyclic) bond motifs is 1. The Labute approximate surface area is 124 Å². The first-order chi connectivity index (χ1) is 10.2. The number of hydrogen-bond acceptors (Lipinski definition) is 4. The van der Waals surface area contributed by atoms with E-state index in [0.717, 1.165) is 12.1 Å². The quantitative estimate of drug-likeness (QED) is 0.909. The Morgan fingerprint density at radius 3 is 2.55 bits per heavy atom. The molecular formula is C14H15F3N4O. The van der Waals surface area contributed by atoms with E-state index in [1.807, 2.05) is 13.8 Å². The van der Waals surface area contributed by atoms with Gasteiger partial charge >= 0.3 is 6.18 Å². The van der Waals surface area contributed by atoms with Gasteiger partial charge in [-0.2, -0.15) is 13.2 Å². The van der Waals surface area contributed by atoms with Gasteiger partial charge in [-0.3, -0.25) is 4.79 Å². The van der Waals surface area contributed by atoms with Crippen LogP contribution in [0.2, 0.25) is 0 Å². The molecule has 0 spiro atoms. The summed E-state index contributed by atoms with van der Waals surface area (Å²) in [4.78, 5) is 19.3. The fourth-order valence-electron chi connectivity index (χ4n) is 1.89. The molecule has 3 N–H and O–H groups in total. The van der Waals surface area contributed by atoms with E-state index in [1.165, 1.54) is 6.07 Å². The molecule has 0 aliphatic heterocycles. The highest BCUT2D eigenvalue weighted by molar-refractivity contribution is 5.91. The first-order valence-electron chi connectivity index (χ1n) is 6.59. The lowest BCUT2D eigenvalue weighted by Crippen LogP contribution is -2.22. The van der Waals surface area contributed by atoms with Crippen LogP contribution in [0.5, 0.6) is 0 Å². The summed E-state index contributed by atoms with van der Waals surface area (Å²) in [6, 6.07) is 3.22. The molecule has 1 aromatic carbocycles. The Kier molecular flexibility index (Phi) is 4.20. The van der Waals surface area contributed by atoms with Crippen LogP contribution in [0.25, 0.3) is 10.9 Å². The zero-order valence-corrected chi connectivity index (χ0v) is 12.0. The minimum atomic E-state index is -4.47. The van der Waals surface area contributed by atoms with E-state index in [0.29, 0.717) is 11.3 Å². The third-order valence-corrected chi connectivity index (χ3v) is 2.99. The summed E-state index contributed by atoms with van der Waals surface area (Å²) < 4.78 is 38.5. The van der Waals surface area contributed by atoms with Crippen molar-refractivity contribution in [3.8, 4) is 0 Å². The Morgan fingerprint density at radius 2 is 2.00 bits per heavy atom. The average molecular weight is 312 g/mol. The van der Waals surface area contributed by atoms with Gasteiger partial charge in [-0.25, -0.2) is 9.97 Å². The molecule has 0 unspecified atom stereocenters. The highest BCUT2D eigenvalue weighted by atomic mass is 19.4. The summed E-state index contributed by atoms with van der Waals surface area (Å²) in [6.45, 7) is 3.51. The molecule has 8 heteroatoms. The lowest BCUT2D eigenvalue weighted by Gasteiger charge is -2.13. The van der Waals surface area contributed by atoms with E-state index in [2.05, 4.69) is 15.3 Å². The van der Waals surface area contributed by atoms with E-state index >= 15 is 0 Å². The first kappa shape index (κ1) is 16.0. The van der Waals surface area contributed by atoms with Crippen molar-refractivity contribution in [3.63, 3.8) is 0 Å². The second kappa shape index (κ2) is 5.78. The predicted octanol–water partition coefficient (Wildman–Crippen LogP) is 2.67. The third kappa shape index (κ3) is 3.44. The van der Waals surface area contributed by atoms with E-state index in [1.54, 1.807) is 0 Å². The van der Waals surface area contributed by atoms with Gasteiger partial charge in [-0.1, -0.05) is 13.8 Å². The Hall–Kier alpha value is -2.38. The van der Waals surface area contributed by atoms with Crippen LogP contribution in [0.1, 0.15) is 31.2 Å². The van der Waals surface area contributed by atoms with Gasteiger partial charge in [0.15, 0.2) is 0 Å². The number of nitrogens with two attached hydrogens (primary N) is 1. The number of carbonyl (C=O) groups excluding carboxylic acids is 1. The zero-order chi connectivity index (χ0) is 16.5. The van der Waals surface area contributed by atoms with Gasteiger partial charge in [-0.15, -0.1) is 0 Å². The summed E-state index contributed by atoms with van der Waals surface area (Å²) in [7, 11) is 0. The van der Waals surface area contributed by atoms with Crippen LogP contribution in [0.4, 0.5) is 19.0 Å².